The van der Waals surface area contributed by atoms with Crippen LogP contribution in [0.25, 0.3) is 0 Å². The Bertz CT molecular complexity index is 493. The minimum Gasteiger partial charge on any atom is -0.462 e. The van der Waals surface area contributed by atoms with E-state index in [2.05, 4.69) is 27.7 Å². The average Bonchev–Trinajstić information content (AvgIpc) is 2.74. The van der Waals surface area contributed by atoms with Crippen LogP contribution >= 0.6 is 0 Å². The summed E-state index contributed by atoms with van der Waals surface area (Å²) in [6.07, 6.45) is 15.7. The van der Waals surface area contributed by atoms with Crippen molar-refractivity contribution in [1.82, 2.24) is 0 Å². The fraction of sp³-hybridized carbons (Fsp3) is 0.852. The number of unbranched alkanes of at least 4 members (excludes halogenated alkanes) is 10. The summed E-state index contributed by atoms with van der Waals surface area (Å²) in [4.78, 5) is 25.6. The van der Waals surface area contributed by atoms with Crippen LogP contribution in [-0.2, 0) is 19.1 Å². The molecule has 0 rings (SSSR count). The van der Waals surface area contributed by atoms with Crippen molar-refractivity contribution < 1.29 is 19.1 Å². The van der Waals surface area contributed by atoms with Gasteiger partial charge in [-0.3, -0.25) is 0 Å². The standard InChI is InChI=1S/C27H50O4/c1-6-9-11-13-15-17-20-30-26(28)24(19-8-3)25(22-23(4)5)27(29)31-21-18-16-14-12-10-7-2/h23H,6-22H2,1-5H3/b25-24-. The molecule has 0 saturated heterocycles. The lowest BCUT2D eigenvalue weighted by molar-refractivity contribution is -0.142. The van der Waals surface area contributed by atoms with Gasteiger partial charge in [0.1, 0.15) is 0 Å². The zero-order valence-corrected chi connectivity index (χ0v) is 21.2. The van der Waals surface area contributed by atoms with Gasteiger partial charge in [0.05, 0.1) is 13.2 Å². The Balaban J connectivity index is 4.79. The monoisotopic (exact) mass is 438 g/mol. The van der Waals surface area contributed by atoms with Crippen LogP contribution in [0.15, 0.2) is 11.1 Å². The van der Waals surface area contributed by atoms with Gasteiger partial charge < -0.3 is 9.47 Å². The molecule has 0 N–H and O–H groups in total. The second kappa shape index (κ2) is 20.6. The fourth-order valence-electron chi connectivity index (χ4n) is 3.63. The number of carbonyl (C=O) groups is 2. The Morgan fingerprint density at radius 1 is 0.581 bits per heavy atom. The number of hydrogen-bond acceptors (Lipinski definition) is 4. The number of ether oxygens (including phenoxy) is 2. The van der Waals surface area contributed by atoms with Crippen LogP contribution in [-0.4, -0.2) is 25.2 Å². The number of carbonyl (C=O) groups excluding carboxylic acids is 2. The van der Waals surface area contributed by atoms with E-state index in [4.69, 9.17) is 9.47 Å². The van der Waals surface area contributed by atoms with E-state index in [1.807, 2.05) is 6.92 Å². The minimum atomic E-state index is -0.331. The molecule has 0 aromatic heterocycles. The van der Waals surface area contributed by atoms with E-state index in [0.717, 1.165) is 32.1 Å². The molecule has 31 heavy (non-hydrogen) atoms. The van der Waals surface area contributed by atoms with Crippen molar-refractivity contribution in [3.63, 3.8) is 0 Å². The van der Waals surface area contributed by atoms with E-state index >= 15 is 0 Å². The maximum Gasteiger partial charge on any atom is 0.334 e. The molecule has 0 atom stereocenters. The Kier molecular flexibility index (Phi) is 19.7. The van der Waals surface area contributed by atoms with Gasteiger partial charge in [0, 0.05) is 11.1 Å². The highest BCUT2D eigenvalue weighted by Gasteiger charge is 2.23. The Labute approximate surface area is 192 Å². The van der Waals surface area contributed by atoms with E-state index in [-0.39, 0.29) is 17.9 Å². The van der Waals surface area contributed by atoms with Crippen LogP contribution in [0, 0.1) is 5.92 Å². The highest BCUT2D eigenvalue weighted by atomic mass is 16.5. The maximum absolute atomic E-state index is 12.8. The van der Waals surface area contributed by atoms with E-state index in [0.29, 0.717) is 37.2 Å². The number of hydrogen-bond donors (Lipinski definition) is 0. The second-order valence-corrected chi connectivity index (χ2v) is 9.11. The first-order chi connectivity index (χ1) is 15.0. The second-order valence-electron chi connectivity index (χ2n) is 9.11. The molecular formula is C27H50O4. The minimum absolute atomic E-state index is 0.273. The Morgan fingerprint density at radius 3 is 1.42 bits per heavy atom. The van der Waals surface area contributed by atoms with E-state index in [9.17, 15) is 9.59 Å². The summed E-state index contributed by atoms with van der Waals surface area (Å²) in [7, 11) is 0. The summed E-state index contributed by atoms with van der Waals surface area (Å²) in [5, 5.41) is 0. The molecule has 0 aliphatic heterocycles. The van der Waals surface area contributed by atoms with Crippen LogP contribution in [0.5, 0.6) is 0 Å². The molecule has 0 aliphatic carbocycles. The van der Waals surface area contributed by atoms with Crippen LogP contribution in [0.4, 0.5) is 0 Å². The van der Waals surface area contributed by atoms with E-state index in [1.165, 1.54) is 51.4 Å². The van der Waals surface area contributed by atoms with Gasteiger partial charge in [-0.25, -0.2) is 9.59 Å². The normalized spacial score (nSPS) is 12.1. The first kappa shape index (κ1) is 29.7. The SMILES string of the molecule is CCCCCCCCOC(=O)/C(CCC)=C(/CC(C)C)C(=O)OCCCCCCCC. The molecule has 0 aromatic rings. The molecule has 182 valence electrons. The average molecular weight is 439 g/mol. The zero-order valence-electron chi connectivity index (χ0n) is 21.2. The fourth-order valence-corrected chi connectivity index (χ4v) is 3.63. The van der Waals surface area contributed by atoms with Gasteiger partial charge in [0.15, 0.2) is 0 Å². The molecule has 0 bridgehead atoms. The van der Waals surface area contributed by atoms with Gasteiger partial charge in [-0.1, -0.05) is 105 Å². The van der Waals surface area contributed by atoms with E-state index < -0.39 is 0 Å². The van der Waals surface area contributed by atoms with Gasteiger partial charge in [0.2, 0.25) is 0 Å². The highest BCUT2D eigenvalue weighted by molar-refractivity contribution is 6.00. The lowest BCUT2D eigenvalue weighted by atomic mass is 9.95. The summed E-state index contributed by atoms with van der Waals surface area (Å²) >= 11 is 0. The molecule has 4 heteroatoms. The van der Waals surface area contributed by atoms with Crippen molar-refractivity contribution in [2.75, 3.05) is 13.2 Å². The van der Waals surface area contributed by atoms with Gasteiger partial charge in [0.25, 0.3) is 0 Å². The molecule has 0 aliphatic rings. The Morgan fingerprint density at radius 2 is 1.00 bits per heavy atom. The quantitative estimate of drug-likeness (QED) is 0.110. The topological polar surface area (TPSA) is 52.6 Å². The molecule has 0 fully saturated rings. The van der Waals surface area contributed by atoms with Gasteiger partial charge in [-0.15, -0.1) is 0 Å². The predicted molar refractivity (Wildman–Crippen MR) is 130 cm³/mol. The van der Waals surface area contributed by atoms with E-state index in [1.54, 1.807) is 0 Å². The van der Waals surface area contributed by atoms with Crippen molar-refractivity contribution >= 4 is 11.9 Å². The molecule has 0 spiro atoms. The van der Waals surface area contributed by atoms with Crippen LogP contribution in [0.3, 0.4) is 0 Å². The third kappa shape index (κ3) is 16.0. The molecule has 0 unspecified atom stereocenters. The number of rotatable bonds is 20. The van der Waals surface area contributed by atoms with Gasteiger partial charge >= 0.3 is 11.9 Å². The predicted octanol–water partition coefficient (Wildman–Crippen LogP) is 7.94. The Hall–Kier alpha value is -1.32. The molecule has 0 amide bonds. The van der Waals surface area contributed by atoms with Crippen molar-refractivity contribution in [1.29, 1.82) is 0 Å². The third-order valence-electron chi connectivity index (χ3n) is 5.43. The zero-order chi connectivity index (χ0) is 23.3. The van der Waals surface area contributed by atoms with Gasteiger partial charge in [-0.05, 0) is 31.6 Å². The summed E-state index contributed by atoms with van der Waals surface area (Å²) in [6, 6.07) is 0. The van der Waals surface area contributed by atoms with Crippen LogP contribution in [0.1, 0.15) is 131 Å². The lowest BCUT2D eigenvalue weighted by Gasteiger charge is -2.16. The summed E-state index contributed by atoms with van der Waals surface area (Å²) in [5.41, 5.74) is 1.05. The van der Waals surface area contributed by atoms with Crippen molar-refractivity contribution in [2.45, 2.75) is 131 Å². The van der Waals surface area contributed by atoms with Crippen molar-refractivity contribution in [3.8, 4) is 0 Å². The molecular weight excluding hydrogens is 388 g/mol. The molecule has 0 aromatic carbocycles. The molecule has 0 radical (unpaired) electrons. The number of esters is 2. The van der Waals surface area contributed by atoms with Crippen molar-refractivity contribution in [2.24, 2.45) is 5.92 Å². The van der Waals surface area contributed by atoms with Crippen molar-refractivity contribution in [3.05, 3.63) is 11.1 Å². The van der Waals surface area contributed by atoms with Crippen LogP contribution in [0.2, 0.25) is 0 Å². The third-order valence-corrected chi connectivity index (χ3v) is 5.43. The lowest BCUT2D eigenvalue weighted by Crippen LogP contribution is -2.19. The summed E-state index contributed by atoms with van der Waals surface area (Å²) in [5.74, 6) is -0.389. The molecule has 0 heterocycles. The summed E-state index contributed by atoms with van der Waals surface area (Å²) in [6.45, 7) is 11.4. The van der Waals surface area contributed by atoms with Gasteiger partial charge in [-0.2, -0.15) is 0 Å². The molecule has 4 nitrogen and oxygen atoms in total. The first-order valence-electron chi connectivity index (χ1n) is 13.0. The highest BCUT2D eigenvalue weighted by Crippen LogP contribution is 2.22. The smallest absolute Gasteiger partial charge is 0.334 e. The largest absolute Gasteiger partial charge is 0.462 e. The first-order valence-corrected chi connectivity index (χ1v) is 13.0. The van der Waals surface area contributed by atoms with Crippen LogP contribution < -0.4 is 0 Å². The maximum atomic E-state index is 12.8. The summed E-state index contributed by atoms with van der Waals surface area (Å²) < 4.78 is 11.1. The molecule has 0 saturated carbocycles.